The Morgan fingerprint density at radius 2 is 1.88 bits per heavy atom. The Morgan fingerprint density at radius 3 is 2.58 bits per heavy atom. The molecule has 0 radical (unpaired) electrons. The van der Waals surface area contributed by atoms with Crippen LogP contribution in [-0.4, -0.2) is 30.4 Å². The number of amides is 2. The minimum Gasteiger partial charge on any atom is -0.496 e. The monoisotopic (exact) mass is 357 g/mol. The number of nitro benzene ring substituents is 1. The summed E-state index contributed by atoms with van der Waals surface area (Å²) >= 11 is 0. The Balaban J connectivity index is 1.93. The Hall–Kier alpha value is -3.42. The van der Waals surface area contributed by atoms with Crippen molar-refractivity contribution in [2.24, 2.45) is 0 Å². The molecule has 0 unspecified atom stereocenters. The molecule has 0 bridgehead atoms. The summed E-state index contributed by atoms with van der Waals surface area (Å²) in [6, 6.07) is 11.4. The molecule has 2 rings (SSSR count). The van der Waals surface area contributed by atoms with Crippen LogP contribution in [0.1, 0.15) is 11.1 Å². The molecule has 0 aliphatic rings. The molecule has 0 aromatic heterocycles. The smallest absolute Gasteiger partial charge is 0.313 e. The highest BCUT2D eigenvalue weighted by Crippen LogP contribution is 2.21. The molecule has 0 aliphatic heterocycles. The van der Waals surface area contributed by atoms with E-state index in [0.717, 1.165) is 5.56 Å². The Kier molecular flexibility index (Phi) is 6.26. The van der Waals surface area contributed by atoms with Gasteiger partial charge in [0, 0.05) is 18.7 Å². The molecule has 2 N–H and O–H groups in total. The van der Waals surface area contributed by atoms with Gasteiger partial charge in [-0.05, 0) is 30.5 Å². The third-order valence-corrected chi connectivity index (χ3v) is 3.76. The third-order valence-electron chi connectivity index (χ3n) is 3.76. The number of non-ortho nitro benzene ring substituents is 1. The minimum absolute atomic E-state index is 0.164. The first-order chi connectivity index (χ1) is 12.4. The molecule has 0 atom stereocenters. The molecule has 2 amide bonds. The fourth-order valence-electron chi connectivity index (χ4n) is 2.34. The van der Waals surface area contributed by atoms with Crippen LogP contribution in [0, 0.1) is 17.0 Å². The summed E-state index contributed by atoms with van der Waals surface area (Å²) in [5, 5.41) is 15.7. The number of carbonyl (C=O) groups is 2. The van der Waals surface area contributed by atoms with Crippen molar-refractivity contribution < 1.29 is 19.2 Å². The second-order valence-electron chi connectivity index (χ2n) is 5.53. The fraction of sp³-hybridized carbons (Fsp3) is 0.222. The number of para-hydroxylation sites is 1. The maximum atomic E-state index is 12.0. The minimum atomic E-state index is -0.881. The van der Waals surface area contributed by atoms with Gasteiger partial charge in [0.1, 0.15) is 5.75 Å². The molecule has 26 heavy (non-hydrogen) atoms. The van der Waals surface area contributed by atoms with Crippen LogP contribution >= 0.6 is 0 Å². The summed E-state index contributed by atoms with van der Waals surface area (Å²) < 4.78 is 5.23. The molecule has 0 saturated heterocycles. The van der Waals surface area contributed by atoms with Crippen molar-refractivity contribution >= 4 is 23.2 Å². The topological polar surface area (TPSA) is 111 Å². The number of methoxy groups -OCH3 is 1. The number of benzene rings is 2. The van der Waals surface area contributed by atoms with E-state index in [9.17, 15) is 19.7 Å². The lowest BCUT2D eigenvalue weighted by Gasteiger charge is -2.10. The summed E-state index contributed by atoms with van der Waals surface area (Å²) in [6.45, 7) is 1.93. The first kappa shape index (κ1) is 18.9. The van der Waals surface area contributed by atoms with E-state index in [2.05, 4.69) is 10.6 Å². The number of carbonyl (C=O) groups excluding carboxylic acids is 2. The number of nitrogens with zero attached hydrogens (tertiary/aromatic N) is 1. The molecular formula is C18H19N3O5. The fourth-order valence-corrected chi connectivity index (χ4v) is 2.34. The van der Waals surface area contributed by atoms with E-state index in [0.29, 0.717) is 17.7 Å². The van der Waals surface area contributed by atoms with Crippen LogP contribution in [0.15, 0.2) is 42.5 Å². The standard InChI is InChI=1S/C18H19N3O5/c1-12-7-8-14(21(24)25)11-15(12)20-18(23)17(22)19-10-9-13-5-3-4-6-16(13)26-2/h3-8,11H,9-10H2,1-2H3,(H,19,22)(H,20,23). The van der Waals surface area contributed by atoms with Gasteiger partial charge in [0.05, 0.1) is 17.7 Å². The summed E-state index contributed by atoms with van der Waals surface area (Å²) in [6.07, 6.45) is 0.499. The summed E-state index contributed by atoms with van der Waals surface area (Å²) in [4.78, 5) is 34.2. The van der Waals surface area contributed by atoms with Crippen molar-refractivity contribution in [2.75, 3.05) is 19.0 Å². The zero-order chi connectivity index (χ0) is 19.1. The van der Waals surface area contributed by atoms with Gasteiger partial charge < -0.3 is 15.4 Å². The van der Waals surface area contributed by atoms with E-state index >= 15 is 0 Å². The lowest BCUT2D eigenvalue weighted by molar-refractivity contribution is -0.384. The molecule has 136 valence electrons. The number of rotatable bonds is 6. The van der Waals surface area contributed by atoms with Gasteiger partial charge in [0.25, 0.3) is 5.69 Å². The molecule has 0 heterocycles. The van der Waals surface area contributed by atoms with Gasteiger partial charge in [0.15, 0.2) is 0 Å². The van der Waals surface area contributed by atoms with Crippen LogP contribution < -0.4 is 15.4 Å². The van der Waals surface area contributed by atoms with Crippen LogP contribution in [0.25, 0.3) is 0 Å². The lowest BCUT2D eigenvalue weighted by Crippen LogP contribution is -2.36. The van der Waals surface area contributed by atoms with Gasteiger partial charge in [-0.3, -0.25) is 19.7 Å². The molecular weight excluding hydrogens is 338 g/mol. The molecule has 0 fully saturated rings. The molecule has 2 aromatic rings. The Morgan fingerprint density at radius 1 is 1.15 bits per heavy atom. The summed E-state index contributed by atoms with van der Waals surface area (Å²) in [5.74, 6) is -0.988. The summed E-state index contributed by atoms with van der Waals surface area (Å²) in [5.41, 5.74) is 1.59. The Labute approximate surface area is 150 Å². The van der Waals surface area contributed by atoms with Crippen LogP contribution in [-0.2, 0) is 16.0 Å². The van der Waals surface area contributed by atoms with Crippen LogP contribution in [0.5, 0.6) is 5.75 Å². The summed E-state index contributed by atoms with van der Waals surface area (Å²) in [7, 11) is 1.56. The molecule has 8 nitrogen and oxygen atoms in total. The first-order valence-corrected chi connectivity index (χ1v) is 7.88. The van der Waals surface area contributed by atoms with E-state index in [1.54, 1.807) is 14.0 Å². The Bertz CT molecular complexity index is 835. The van der Waals surface area contributed by atoms with Crippen molar-refractivity contribution in [2.45, 2.75) is 13.3 Å². The molecule has 2 aromatic carbocycles. The molecule has 0 spiro atoms. The van der Waals surface area contributed by atoms with Gasteiger partial charge >= 0.3 is 11.8 Å². The zero-order valence-electron chi connectivity index (χ0n) is 14.4. The SMILES string of the molecule is COc1ccccc1CCNC(=O)C(=O)Nc1cc([N+](=O)[O-])ccc1C. The number of anilines is 1. The van der Waals surface area contributed by atoms with Crippen LogP contribution in [0.3, 0.4) is 0 Å². The van der Waals surface area contributed by atoms with E-state index in [1.165, 1.54) is 18.2 Å². The van der Waals surface area contributed by atoms with Crippen molar-refractivity contribution in [3.05, 3.63) is 63.7 Å². The van der Waals surface area contributed by atoms with Gasteiger partial charge in [-0.1, -0.05) is 24.3 Å². The number of aryl methyl sites for hydroxylation is 1. The average Bonchev–Trinajstić information content (AvgIpc) is 2.63. The normalized spacial score (nSPS) is 10.1. The maximum Gasteiger partial charge on any atom is 0.313 e. The van der Waals surface area contributed by atoms with E-state index in [-0.39, 0.29) is 17.9 Å². The predicted molar refractivity (Wildman–Crippen MR) is 96.2 cm³/mol. The lowest BCUT2D eigenvalue weighted by atomic mass is 10.1. The van der Waals surface area contributed by atoms with E-state index < -0.39 is 16.7 Å². The predicted octanol–water partition coefficient (Wildman–Crippen LogP) is 2.21. The number of hydrogen-bond acceptors (Lipinski definition) is 5. The molecule has 0 saturated carbocycles. The highest BCUT2D eigenvalue weighted by atomic mass is 16.6. The highest BCUT2D eigenvalue weighted by Gasteiger charge is 2.16. The van der Waals surface area contributed by atoms with Crippen molar-refractivity contribution in [1.29, 1.82) is 0 Å². The highest BCUT2D eigenvalue weighted by molar-refractivity contribution is 6.39. The quantitative estimate of drug-likeness (QED) is 0.468. The van der Waals surface area contributed by atoms with Gasteiger partial charge in [-0.25, -0.2) is 0 Å². The largest absolute Gasteiger partial charge is 0.496 e. The average molecular weight is 357 g/mol. The van der Waals surface area contributed by atoms with Gasteiger partial charge in [-0.2, -0.15) is 0 Å². The van der Waals surface area contributed by atoms with E-state index in [1.807, 2.05) is 24.3 Å². The van der Waals surface area contributed by atoms with E-state index in [4.69, 9.17) is 4.74 Å². The first-order valence-electron chi connectivity index (χ1n) is 7.88. The van der Waals surface area contributed by atoms with Crippen molar-refractivity contribution in [1.82, 2.24) is 5.32 Å². The van der Waals surface area contributed by atoms with Crippen molar-refractivity contribution in [3.63, 3.8) is 0 Å². The van der Waals surface area contributed by atoms with Crippen LogP contribution in [0.2, 0.25) is 0 Å². The zero-order valence-corrected chi connectivity index (χ0v) is 14.4. The second kappa shape index (κ2) is 8.61. The number of hydrogen-bond donors (Lipinski definition) is 2. The molecule has 8 heteroatoms. The molecule has 0 aliphatic carbocycles. The van der Waals surface area contributed by atoms with Gasteiger partial charge in [0.2, 0.25) is 0 Å². The third kappa shape index (κ3) is 4.79. The maximum absolute atomic E-state index is 12.0. The second-order valence-corrected chi connectivity index (χ2v) is 5.53. The number of ether oxygens (including phenoxy) is 1. The number of nitrogens with one attached hydrogen (secondary N) is 2. The van der Waals surface area contributed by atoms with Crippen molar-refractivity contribution in [3.8, 4) is 5.75 Å². The van der Waals surface area contributed by atoms with Gasteiger partial charge in [-0.15, -0.1) is 0 Å². The van der Waals surface area contributed by atoms with Crippen LogP contribution in [0.4, 0.5) is 11.4 Å². The number of nitro groups is 1.